The quantitative estimate of drug-likeness (QED) is 0.0677. The van der Waals surface area contributed by atoms with Crippen LogP contribution < -0.4 is 30.2 Å². The second-order valence-corrected chi connectivity index (χ2v) is 17.1. The number of carbonyl (C=O) groups excluding carboxylic acids is 3. The summed E-state index contributed by atoms with van der Waals surface area (Å²) in [6.07, 6.45) is -32.1. The summed E-state index contributed by atoms with van der Waals surface area (Å²) < 4.78 is 236. The number of hydrogen-bond acceptors (Lipinski definition) is 9. The first-order valence-corrected chi connectivity index (χ1v) is 21.3. The smallest absolute Gasteiger partial charge is 0.422 e. The van der Waals surface area contributed by atoms with E-state index in [2.05, 4.69) is 30.2 Å². The molecule has 30 heteroatoms. The molecule has 1 unspecified atom stereocenters. The number of benzene rings is 3. The number of hydrogen-bond donors (Lipinski definition) is 6. The van der Waals surface area contributed by atoms with E-state index in [0.717, 1.165) is 0 Å². The predicted octanol–water partition coefficient (Wildman–Crippen LogP) is 10.5. The van der Waals surface area contributed by atoms with Crippen LogP contribution in [-0.2, 0) is 14.4 Å². The number of rotatable bonds is 18. The Morgan fingerprint density at radius 2 is 0.613 bits per heavy atom. The standard InChI is InChI=1S/3C15H17F6NO3/c3*1-9(22-12(23)7-13(2,24)15(19,20)21)10-4-3-5-11(6-10)25-8-14(16,17)18/h3*3-6,9,24H,7-8H2,1-2H3,(H,22,23)/t9-,13?;9-,13+;9-,13-/m000/s1. The lowest BCUT2D eigenvalue weighted by Gasteiger charge is -2.26. The maximum Gasteiger partial charge on any atom is 0.422 e. The van der Waals surface area contributed by atoms with E-state index in [0.29, 0.717) is 37.5 Å². The van der Waals surface area contributed by atoms with Crippen LogP contribution in [0.25, 0.3) is 0 Å². The SMILES string of the molecule is C[C@H](NC(=O)CC(C)(O)C(F)(F)F)c1cccc(OCC(F)(F)F)c1.C[C@H](NC(=O)C[C@@](C)(O)C(F)(F)F)c1cccc(OCC(F)(F)F)c1.C[C@H](NC(=O)C[C@](C)(O)C(F)(F)F)c1cccc(OCC(F)(F)F)c1. The van der Waals surface area contributed by atoms with Gasteiger partial charge in [0.1, 0.15) is 17.2 Å². The van der Waals surface area contributed by atoms with Crippen LogP contribution in [0.15, 0.2) is 72.8 Å². The van der Waals surface area contributed by atoms with Crippen LogP contribution in [0.4, 0.5) is 79.0 Å². The van der Waals surface area contributed by atoms with Gasteiger partial charge >= 0.3 is 37.1 Å². The Labute approximate surface area is 415 Å². The third-order valence-electron chi connectivity index (χ3n) is 9.76. The Morgan fingerprint density at radius 3 is 0.787 bits per heavy atom. The summed E-state index contributed by atoms with van der Waals surface area (Å²) in [6, 6.07) is 13.7. The molecule has 0 fully saturated rings. The van der Waals surface area contributed by atoms with E-state index in [1.54, 1.807) is 0 Å². The summed E-state index contributed by atoms with van der Waals surface area (Å²) in [6.45, 7) is 1.24. The number of alkyl halides is 18. The molecule has 426 valence electrons. The highest BCUT2D eigenvalue weighted by molar-refractivity contribution is 5.78. The van der Waals surface area contributed by atoms with Gasteiger partial charge < -0.3 is 45.5 Å². The van der Waals surface area contributed by atoms with Crippen molar-refractivity contribution < 1.29 is 123 Å². The highest BCUT2D eigenvalue weighted by Crippen LogP contribution is 2.35. The topological polar surface area (TPSA) is 176 Å². The Kier molecular flexibility index (Phi) is 23.5. The summed E-state index contributed by atoms with van der Waals surface area (Å²) in [7, 11) is 0. The number of aliphatic hydroxyl groups is 3. The molecule has 0 spiro atoms. The number of carbonyl (C=O) groups is 3. The summed E-state index contributed by atoms with van der Waals surface area (Å²) in [5.41, 5.74) is -8.56. The maximum absolute atomic E-state index is 12.5. The fourth-order valence-electron chi connectivity index (χ4n) is 5.48. The molecule has 0 radical (unpaired) electrons. The molecule has 6 atom stereocenters. The average Bonchev–Trinajstić information content (AvgIpc) is 3.22. The second kappa shape index (κ2) is 26.2. The molecule has 0 aliphatic carbocycles. The van der Waals surface area contributed by atoms with E-state index >= 15 is 0 Å². The molecular formula is C45H51F18N3O9. The van der Waals surface area contributed by atoms with E-state index in [9.17, 15) is 109 Å². The van der Waals surface area contributed by atoms with E-state index < -0.39 is 129 Å². The van der Waals surface area contributed by atoms with Gasteiger partial charge in [0, 0.05) is 0 Å². The van der Waals surface area contributed by atoms with E-state index in [-0.39, 0.29) is 17.2 Å². The second-order valence-electron chi connectivity index (χ2n) is 17.1. The predicted molar refractivity (Wildman–Crippen MR) is 228 cm³/mol. The maximum atomic E-state index is 12.5. The largest absolute Gasteiger partial charge is 0.484 e. The average molecular weight is 1120 g/mol. The van der Waals surface area contributed by atoms with Crippen molar-refractivity contribution in [2.24, 2.45) is 0 Å². The van der Waals surface area contributed by atoms with E-state index in [1.807, 2.05) is 0 Å². The first kappa shape index (κ1) is 67.1. The van der Waals surface area contributed by atoms with Gasteiger partial charge in [-0.2, -0.15) is 79.0 Å². The molecule has 3 aromatic carbocycles. The molecule has 3 aromatic rings. The van der Waals surface area contributed by atoms with Crippen molar-refractivity contribution in [2.45, 2.75) is 133 Å². The minimum atomic E-state index is -4.97. The van der Waals surface area contributed by atoms with Gasteiger partial charge in [-0.1, -0.05) is 36.4 Å². The number of ether oxygens (including phenoxy) is 3. The highest BCUT2D eigenvalue weighted by atomic mass is 19.4. The molecule has 6 N–H and O–H groups in total. The normalized spacial score (nSPS) is 16.0. The Balaban J connectivity index is 0.000000562. The fraction of sp³-hybridized carbons (Fsp3) is 0.533. The van der Waals surface area contributed by atoms with Gasteiger partial charge in [-0.15, -0.1) is 0 Å². The van der Waals surface area contributed by atoms with Crippen LogP contribution in [0.3, 0.4) is 0 Å². The summed E-state index contributed by atoms with van der Waals surface area (Å²) in [5.74, 6) is -3.47. The third kappa shape index (κ3) is 25.5. The minimum absolute atomic E-state index is 0.0989. The van der Waals surface area contributed by atoms with Crippen LogP contribution in [-0.4, -0.2) is 107 Å². The van der Waals surface area contributed by atoms with Gasteiger partial charge in [-0.3, -0.25) is 14.4 Å². The van der Waals surface area contributed by atoms with Crippen molar-refractivity contribution in [1.29, 1.82) is 0 Å². The van der Waals surface area contributed by atoms with E-state index in [4.69, 9.17) is 0 Å². The van der Waals surface area contributed by atoms with Crippen LogP contribution >= 0.6 is 0 Å². The van der Waals surface area contributed by atoms with E-state index in [1.165, 1.54) is 93.6 Å². The lowest BCUT2D eigenvalue weighted by Crippen LogP contribution is -2.46. The van der Waals surface area contributed by atoms with Gasteiger partial charge in [0.05, 0.1) is 37.4 Å². The van der Waals surface area contributed by atoms with Crippen LogP contribution in [0, 0.1) is 0 Å². The van der Waals surface area contributed by atoms with Gasteiger partial charge in [0.25, 0.3) is 0 Å². The van der Waals surface area contributed by atoms with Crippen molar-refractivity contribution >= 4 is 17.7 Å². The van der Waals surface area contributed by atoms with Crippen molar-refractivity contribution in [3.8, 4) is 17.2 Å². The molecule has 0 aliphatic rings. The molecule has 3 rings (SSSR count). The van der Waals surface area contributed by atoms with Crippen molar-refractivity contribution in [3.05, 3.63) is 89.5 Å². The Bertz CT molecular complexity index is 2040. The first-order valence-electron chi connectivity index (χ1n) is 21.3. The van der Waals surface area contributed by atoms with Crippen LogP contribution in [0.2, 0.25) is 0 Å². The van der Waals surface area contributed by atoms with Crippen molar-refractivity contribution in [2.75, 3.05) is 19.8 Å². The molecule has 0 aromatic heterocycles. The van der Waals surface area contributed by atoms with Gasteiger partial charge in [0.15, 0.2) is 36.6 Å². The minimum Gasteiger partial charge on any atom is -0.484 e. The number of halogens is 18. The highest BCUT2D eigenvalue weighted by Gasteiger charge is 2.53. The molecule has 12 nitrogen and oxygen atoms in total. The zero-order valence-electron chi connectivity index (χ0n) is 40.0. The number of amides is 3. The molecule has 3 amide bonds. The van der Waals surface area contributed by atoms with Gasteiger partial charge in [-0.25, -0.2) is 0 Å². The van der Waals surface area contributed by atoms with Crippen molar-refractivity contribution in [1.82, 2.24) is 16.0 Å². The van der Waals surface area contributed by atoms with Gasteiger partial charge in [-0.05, 0) is 94.6 Å². The summed E-state index contributed by atoms with van der Waals surface area (Å²) in [5, 5.41) is 34.6. The van der Waals surface area contributed by atoms with Crippen molar-refractivity contribution in [3.63, 3.8) is 0 Å². The number of nitrogens with one attached hydrogen (secondary N) is 3. The summed E-state index contributed by atoms with van der Waals surface area (Å²) in [4.78, 5) is 35.0. The Morgan fingerprint density at radius 1 is 0.413 bits per heavy atom. The first-order chi connectivity index (χ1) is 33.6. The third-order valence-corrected chi connectivity index (χ3v) is 9.76. The molecule has 0 bridgehead atoms. The van der Waals surface area contributed by atoms with Crippen LogP contribution in [0.5, 0.6) is 17.2 Å². The Hall–Kier alpha value is -5.91. The molecule has 75 heavy (non-hydrogen) atoms. The van der Waals surface area contributed by atoms with Crippen LogP contribution in [0.1, 0.15) is 95.6 Å². The zero-order valence-corrected chi connectivity index (χ0v) is 40.0. The molecule has 0 saturated heterocycles. The fourth-order valence-corrected chi connectivity index (χ4v) is 5.48. The summed E-state index contributed by atoms with van der Waals surface area (Å²) >= 11 is 0. The molecule has 0 heterocycles. The monoisotopic (exact) mass is 1120 g/mol. The molecule has 0 aliphatic heterocycles. The lowest BCUT2D eigenvalue weighted by atomic mass is 10.0. The lowest BCUT2D eigenvalue weighted by molar-refractivity contribution is -0.253. The van der Waals surface area contributed by atoms with Gasteiger partial charge in [0.2, 0.25) is 17.7 Å². The molecule has 0 saturated carbocycles. The molecular weight excluding hydrogens is 1070 g/mol. The zero-order chi connectivity index (χ0) is 58.4.